The predicted molar refractivity (Wildman–Crippen MR) is 96.0 cm³/mol. The zero-order valence-electron chi connectivity index (χ0n) is 13.6. The fourth-order valence-electron chi connectivity index (χ4n) is 2.53. The normalized spacial score (nSPS) is 11.6. The van der Waals surface area contributed by atoms with Gasteiger partial charge >= 0.3 is 0 Å². The van der Waals surface area contributed by atoms with Crippen LogP contribution in [0.25, 0.3) is 0 Å². The number of hydrogen-bond acceptors (Lipinski definition) is 2. The molecule has 2 rings (SSSR count). The molecule has 0 aliphatic heterocycles. The third kappa shape index (κ3) is 5.70. The first-order valence-electron chi connectivity index (χ1n) is 7.88. The van der Waals surface area contributed by atoms with Gasteiger partial charge in [0.25, 0.3) is 0 Å². The molecule has 2 aromatic rings. The molecule has 2 amide bonds. The van der Waals surface area contributed by atoms with Crippen molar-refractivity contribution in [3.63, 3.8) is 0 Å². The number of benzene rings is 2. The van der Waals surface area contributed by atoms with Crippen molar-refractivity contribution in [2.45, 2.75) is 19.3 Å². The summed E-state index contributed by atoms with van der Waals surface area (Å²) in [6.45, 7) is 2.29. The van der Waals surface area contributed by atoms with Crippen LogP contribution in [-0.2, 0) is 9.59 Å². The fourth-order valence-corrected chi connectivity index (χ4v) is 2.73. The summed E-state index contributed by atoms with van der Waals surface area (Å²) in [6, 6.07) is 17.5. The lowest BCUT2D eigenvalue weighted by molar-refractivity contribution is -0.122. The highest BCUT2D eigenvalue weighted by Gasteiger charge is 2.18. The average Bonchev–Trinajstić information content (AvgIpc) is 2.57. The zero-order valence-corrected chi connectivity index (χ0v) is 14.3. The molecule has 2 N–H and O–H groups in total. The maximum atomic E-state index is 12.3. The van der Waals surface area contributed by atoms with Gasteiger partial charge in [0.1, 0.15) is 0 Å². The van der Waals surface area contributed by atoms with Crippen molar-refractivity contribution >= 4 is 23.4 Å². The SMILES string of the molecule is CC(=O)NCCNC(=O)C[C@@H](c1ccccc1)c1cccc(Cl)c1. The van der Waals surface area contributed by atoms with Crippen LogP contribution in [0.4, 0.5) is 0 Å². The molecular formula is C19H21ClN2O2. The molecule has 0 aliphatic carbocycles. The Morgan fingerprint density at radius 1 is 0.958 bits per heavy atom. The van der Waals surface area contributed by atoms with E-state index >= 15 is 0 Å². The van der Waals surface area contributed by atoms with Crippen LogP contribution >= 0.6 is 11.6 Å². The third-order valence-electron chi connectivity index (χ3n) is 3.66. The molecule has 126 valence electrons. The Kier molecular flexibility index (Phi) is 6.82. The molecule has 0 aliphatic rings. The van der Waals surface area contributed by atoms with Gasteiger partial charge in [0.2, 0.25) is 11.8 Å². The second kappa shape index (κ2) is 9.08. The van der Waals surface area contributed by atoms with Crippen molar-refractivity contribution in [3.05, 3.63) is 70.7 Å². The maximum absolute atomic E-state index is 12.3. The molecule has 24 heavy (non-hydrogen) atoms. The Bertz CT molecular complexity index is 689. The van der Waals surface area contributed by atoms with Gasteiger partial charge in [-0.05, 0) is 23.3 Å². The summed E-state index contributed by atoms with van der Waals surface area (Å²) < 4.78 is 0. The van der Waals surface area contributed by atoms with Crippen molar-refractivity contribution < 1.29 is 9.59 Å². The molecular weight excluding hydrogens is 324 g/mol. The molecule has 0 unspecified atom stereocenters. The van der Waals surface area contributed by atoms with E-state index < -0.39 is 0 Å². The Hall–Kier alpha value is -2.33. The van der Waals surface area contributed by atoms with Gasteiger partial charge in [0.15, 0.2) is 0 Å². The number of hydrogen-bond donors (Lipinski definition) is 2. The first kappa shape index (κ1) is 18.0. The molecule has 0 fully saturated rings. The van der Waals surface area contributed by atoms with Crippen LogP contribution in [0, 0.1) is 0 Å². The van der Waals surface area contributed by atoms with E-state index in [1.807, 2.05) is 54.6 Å². The maximum Gasteiger partial charge on any atom is 0.221 e. The minimum Gasteiger partial charge on any atom is -0.355 e. The fraction of sp³-hybridized carbons (Fsp3) is 0.263. The van der Waals surface area contributed by atoms with Crippen LogP contribution in [-0.4, -0.2) is 24.9 Å². The first-order chi connectivity index (χ1) is 11.6. The Morgan fingerprint density at radius 3 is 2.29 bits per heavy atom. The van der Waals surface area contributed by atoms with E-state index in [0.717, 1.165) is 11.1 Å². The molecule has 5 heteroatoms. The van der Waals surface area contributed by atoms with Crippen LogP contribution < -0.4 is 10.6 Å². The lowest BCUT2D eigenvalue weighted by atomic mass is 9.88. The molecule has 4 nitrogen and oxygen atoms in total. The van der Waals surface area contributed by atoms with Crippen LogP contribution in [0.2, 0.25) is 5.02 Å². The molecule has 0 spiro atoms. The summed E-state index contributed by atoms with van der Waals surface area (Å²) in [5, 5.41) is 6.14. The van der Waals surface area contributed by atoms with Gasteiger partial charge < -0.3 is 10.6 Å². The van der Waals surface area contributed by atoms with E-state index in [2.05, 4.69) is 10.6 Å². The molecule has 0 radical (unpaired) electrons. The van der Waals surface area contributed by atoms with Crippen LogP contribution in [0.5, 0.6) is 0 Å². The number of carbonyl (C=O) groups is 2. The second-order valence-corrected chi connectivity index (χ2v) is 5.99. The van der Waals surface area contributed by atoms with Gasteiger partial charge in [-0.1, -0.05) is 54.1 Å². The van der Waals surface area contributed by atoms with Crippen molar-refractivity contribution in [2.75, 3.05) is 13.1 Å². The Balaban J connectivity index is 2.07. The molecule has 0 aromatic heterocycles. The first-order valence-corrected chi connectivity index (χ1v) is 8.25. The van der Waals surface area contributed by atoms with Gasteiger partial charge in [0.05, 0.1) is 0 Å². The van der Waals surface area contributed by atoms with Gasteiger partial charge in [-0.15, -0.1) is 0 Å². The summed E-state index contributed by atoms with van der Waals surface area (Å²) in [6.07, 6.45) is 0.324. The zero-order chi connectivity index (χ0) is 17.4. The van der Waals surface area contributed by atoms with Crippen LogP contribution in [0.1, 0.15) is 30.4 Å². The van der Waals surface area contributed by atoms with E-state index in [1.54, 1.807) is 0 Å². The smallest absolute Gasteiger partial charge is 0.221 e. The highest BCUT2D eigenvalue weighted by atomic mass is 35.5. The van der Waals surface area contributed by atoms with Crippen molar-refractivity contribution in [2.24, 2.45) is 0 Å². The summed E-state index contributed by atoms with van der Waals surface area (Å²) >= 11 is 6.10. The number of carbonyl (C=O) groups excluding carboxylic acids is 2. The third-order valence-corrected chi connectivity index (χ3v) is 3.90. The summed E-state index contributed by atoms with van der Waals surface area (Å²) in [5.41, 5.74) is 2.07. The molecule has 0 saturated carbocycles. The van der Waals surface area contributed by atoms with Gasteiger partial charge in [-0.25, -0.2) is 0 Å². The molecule has 0 saturated heterocycles. The minimum atomic E-state index is -0.106. The summed E-state index contributed by atoms with van der Waals surface area (Å²) in [4.78, 5) is 23.1. The molecule has 0 bridgehead atoms. The summed E-state index contributed by atoms with van der Waals surface area (Å²) in [7, 11) is 0. The van der Waals surface area contributed by atoms with E-state index in [9.17, 15) is 9.59 Å². The van der Waals surface area contributed by atoms with Gasteiger partial charge in [-0.2, -0.15) is 0 Å². The van der Waals surface area contributed by atoms with Crippen molar-refractivity contribution in [3.8, 4) is 0 Å². The highest BCUT2D eigenvalue weighted by molar-refractivity contribution is 6.30. The number of amides is 2. The Morgan fingerprint density at radius 2 is 1.62 bits per heavy atom. The number of nitrogens with one attached hydrogen (secondary N) is 2. The number of halogens is 1. The monoisotopic (exact) mass is 344 g/mol. The molecule has 1 atom stereocenters. The van der Waals surface area contributed by atoms with Crippen LogP contribution in [0.15, 0.2) is 54.6 Å². The van der Waals surface area contributed by atoms with E-state index in [4.69, 9.17) is 11.6 Å². The molecule has 2 aromatic carbocycles. The Labute approximate surface area is 147 Å². The quantitative estimate of drug-likeness (QED) is 0.758. The van der Waals surface area contributed by atoms with Crippen molar-refractivity contribution in [1.29, 1.82) is 0 Å². The lowest BCUT2D eigenvalue weighted by Crippen LogP contribution is -2.34. The predicted octanol–water partition coefficient (Wildman–Crippen LogP) is 3.11. The van der Waals surface area contributed by atoms with E-state index in [0.29, 0.717) is 24.5 Å². The number of rotatable bonds is 7. The largest absolute Gasteiger partial charge is 0.355 e. The standard InChI is InChI=1S/C19H21ClN2O2/c1-14(23)21-10-11-22-19(24)13-18(15-6-3-2-4-7-15)16-8-5-9-17(20)12-16/h2-9,12,18H,10-11,13H2,1H3,(H,21,23)(H,22,24)/t18-/m0/s1. The lowest BCUT2D eigenvalue weighted by Gasteiger charge is -2.18. The second-order valence-electron chi connectivity index (χ2n) is 5.56. The summed E-state index contributed by atoms with van der Waals surface area (Å²) in [5.74, 6) is -0.231. The van der Waals surface area contributed by atoms with Gasteiger partial charge in [0, 0.05) is 37.4 Å². The van der Waals surface area contributed by atoms with E-state index in [-0.39, 0.29) is 17.7 Å². The average molecular weight is 345 g/mol. The minimum absolute atomic E-state index is 0.0609. The van der Waals surface area contributed by atoms with E-state index in [1.165, 1.54) is 6.92 Å². The molecule has 0 heterocycles. The van der Waals surface area contributed by atoms with Crippen LogP contribution in [0.3, 0.4) is 0 Å². The highest BCUT2D eigenvalue weighted by Crippen LogP contribution is 2.29. The van der Waals surface area contributed by atoms with Crippen molar-refractivity contribution in [1.82, 2.24) is 10.6 Å². The van der Waals surface area contributed by atoms with Gasteiger partial charge in [-0.3, -0.25) is 9.59 Å². The topological polar surface area (TPSA) is 58.2 Å².